The number of anilines is 1. The van der Waals surface area contributed by atoms with Gasteiger partial charge in [-0.2, -0.15) is 0 Å². The van der Waals surface area contributed by atoms with E-state index in [0.717, 1.165) is 0 Å². The van der Waals surface area contributed by atoms with Crippen LogP contribution in [0, 0.1) is 0 Å². The number of amides is 1. The first-order valence-electron chi connectivity index (χ1n) is 6.38. The van der Waals surface area contributed by atoms with E-state index < -0.39 is 5.60 Å². The van der Waals surface area contributed by atoms with Crippen molar-refractivity contribution in [3.63, 3.8) is 0 Å². The molecule has 0 spiro atoms. The molecule has 7 heteroatoms. The molecular weight excluding hydrogens is 282 g/mol. The Morgan fingerprint density at radius 2 is 2.25 bits per heavy atom. The van der Waals surface area contributed by atoms with Gasteiger partial charge in [-0.1, -0.05) is 11.6 Å². The minimum atomic E-state index is -0.909. The zero-order chi connectivity index (χ0) is 14.8. The van der Waals surface area contributed by atoms with Crippen molar-refractivity contribution in [1.29, 1.82) is 0 Å². The molecular formula is C13H18ClN3O3. The molecule has 0 aromatic carbocycles. The van der Waals surface area contributed by atoms with Gasteiger partial charge in [-0.15, -0.1) is 0 Å². The molecule has 0 bridgehead atoms. The van der Waals surface area contributed by atoms with Crippen molar-refractivity contribution < 1.29 is 14.6 Å². The molecule has 6 nitrogen and oxygen atoms in total. The molecule has 1 aromatic rings. The first-order chi connectivity index (χ1) is 9.41. The van der Waals surface area contributed by atoms with Gasteiger partial charge in [0, 0.05) is 45.8 Å². The summed E-state index contributed by atoms with van der Waals surface area (Å²) in [5.41, 5.74) is 4.95. The number of aliphatic hydroxyl groups is 1. The van der Waals surface area contributed by atoms with Crippen molar-refractivity contribution in [1.82, 2.24) is 9.88 Å². The Bertz CT molecular complexity index is 504. The van der Waals surface area contributed by atoms with Crippen LogP contribution in [0.5, 0.6) is 0 Å². The second kappa shape index (κ2) is 5.95. The van der Waals surface area contributed by atoms with Crippen molar-refractivity contribution in [3.05, 3.63) is 22.8 Å². The number of hydrogen-bond acceptors (Lipinski definition) is 5. The highest BCUT2D eigenvalue weighted by Crippen LogP contribution is 2.23. The number of nitrogen functional groups attached to an aromatic ring is 1. The second-order valence-electron chi connectivity index (χ2n) is 5.09. The molecule has 3 N–H and O–H groups in total. The van der Waals surface area contributed by atoms with Gasteiger partial charge in [0.2, 0.25) is 0 Å². The maximum atomic E-state index is 12.3. The lowest BCUT2D eigenvalue weighted by Crippen LogP contribution is -2.47. The van der Waals surface area contributed by atoms with E-state index in [1.165, 1.54) is 17.2 Å². The van der Waals surface area contributed by atoms with Crippen LogP contribution in [0.25, 0.3) is 0 Å². The molecule has 0 unspecified atom stereocenters. The van der Waals surface area contributed by atoms with Gasteiger partial charge in [0.25, 0.3) is 5.91 Å². The van der Waals surface area contributed by atoms with Crippen LogP contribution >= 0.6 is 11.6 Å². The highest BCUT2D eigenvalue weighted by molar-refractivity contribution is 6.33. The Kier molecular flexibility index (Phi) is 4.47. The summed E-state index contributed by atoms with van der Waals surface area (Å²) in [7, 11) is 1.63. The van der Waals surface area contributed by atoms with Gasteiger partial charge < -0.3 is 20.5 Å². The molecule has 110 valence electrons. The van der Waals surface area contributed by atoms with Gasteiger partial charge in [0.1, 0.15) is 5.82 Å². The minimum absolute atomic E-state index is 0.230. The van der Waals surface area contributed by atoms with Crippen LogP contribution < -0.4 is 5.73 Å². The van der Waals surface area contributed by atoms with Crippen LogP contribution in [0.1, 0.15) is 23.2 Å². The van der Waals surface area contributed by atoms with Gasteiger partial charge in [-0.3, -0.25) is 4.79 Å². The molecule has 1 amide bonds. The van der Waals surface area contributed by atoms with Gasteiger partial charge >= 0.3 is 0 Å². The first-order valence-corrected chi connectivity index (χ1v) is 6.76. The maximum absolute atomic E-state index is 12.3. The molecule has 0 saturated carbocycles. The van der Waals surface area contributed by atoms with E-state index in [1.807, 2.05) is 0 Å². The number of likely N-dealkylation sites (N-methyl/N-ethyl adjacent to an activating group) is 1. The molecule has 1 aliphatic rings. The molecule has 0 aliphatic carbocycles. The lowest BCUT2D eigenvalue weighted by Gasteiger charge is -2.35. The Balaban J connectivity index is 2.10. The number of nitrogens with zero attached hydrogens (tertiary/aromatic N) is 2. The van der Waals surface area contributed by atoms with E-state index in [-0.39, 0.29) is 28.9 Å². The van der Waals surface area contributed by atoms with Gasteiger partial charge in [-0.25, -0.2) is 4.98 Å². The van der Waals surface area contributed by atoms with Crippen LogP contribution in [0.4, 0.5) is 5.82 Å². The predicted molar refractivity (Wildman–Crippen MR) is 75.6 cm³/mol. The lowest BCUT2D eigenvalue weighted by molar-refractivity contribution is -0.0734. The summed E-state index contributed by atoms with van der Waals surface area (Å²) in [6.45, 7) is 1.23. The lowest BCUT2D eigenvalue weighted by atomic mass is 9.94. The first kappa shape index (κ1) is 15.0. The third kappa shape index (κ3) is 3.39. The minimum Gasteiger partial charge on any atom is -0.388 e. The smallest absolute Gasteiger partial charge is 0.255 e. The number of pyridine rings is 1. The number of ether oxygens (including phenoxy) is 1. The van der Waals surface area contributed by atoms with E-state index in [0.29, 0.717) is 26.1 Å². The summed E-state index contributed by atoms with van der Waals surface area (Å²) in [6, 6.07) is 1.44. The summed E-state index contributed by atoms with van der Waals surface area (Å²) in [5, 5.41) is 10.7. The Morgan fingerprint density at radius 1 is 1.60 bits per heavy atom. The van der Waals surface area contributed by atoms with E-state index >= 15 is 0 Å². The number of hydrogen-bond donors (Lipinski definition) is 2. The molecule has 1 saturated heterocycles. The van der Waals surface area contributed by atoms with Crippen LogP contribution in [-0.4, -0.2) is 53.3 Å². The van der Waals surface area contributed by atoms with Crippen molar-refractivity contribution >= 4 is 23.3 Å². The Hall–Kier alpha value is -1.37. The quantitative estimate of drug-likeness (QED) is 0.867. The van der Waals surface area contributed by atoms with Gasteiger partial charge in [-0.05, 0) is 6.07 Å². The molecule has 2 rings (SSSR count). The summed E-state index contributed by atoms with van der Waals surface area (Å²) in [5.74, 6) is -0.0556. The zero-order valence-electron chi connectivity index (χ0n) is 11.3. The summed E-state index contributed by atoms with van der Waals surface area (Å²) in [4.78, 5) is 17.6. The fourth-order valence-electron chi connectivity index (χ4n) is 2.25. The highest BCUT2D eigenvalue weighted by Gasteiger charge is 2.32. The standard InChI is InChI=1S/C13H18ClN3O3/c1-17(8-13(19)2-4-20-5-3-13)12(18)9-6-11(15)16-7-10(9)14/h6-7,19H,2-5,8H2,1H3,(H2,15,16). The van der Waals surface area contributed by atoms with Crippen molar-refractivity contribution in [2.75, 3.05) is 32.5 Å². The molecule has 1 aromatic heterocycles. The van der Waals surface area contributed by atoms with E-state index in [2.05, 4.69) is 4.98 Å². The maximum Gasteiger partial charge on any atom is 0.255 e. The van der Waals surface area contributed by atoms with Gasteiger partial charge in [0.05, 0.1) is 16.2 Å². The summed E-state index contributed by atoms with van der Waals surface area (Å²) < 4.78 is 5.22. The number of carbonyl (C=O) groups excluding carboxylic acids is 1. The molecule has 0 atom stereocenters. The number of nitrogens with two attached hydrogens (primary N) is 1. The van der Waals surface area contributed by atoms with E-state index in [1.54, 1.807) is 7.05 Å². The van der Waals surface area contributed by atoms with Crippen molar-refractivity contribution in [2.24, 2.45) is 0 Å². The van der Waals surface area contributed by atoms with Crippen LogP contribution in [0.3, 0.4) is 0 Å². The Morgan fingerprint density at radius 3 is 2.90 bits per heavy atom. The van der Waals surface area contributed by atoms with E-state index in [9.17, 15) is 9.90 Å². The summed E-state index contributed by atoms with van der Waals surface area (Å²) in [6.07, 6.45) is 2.37. The number of rotatable bonds is 3. The monoisotopic (exact) mass is 299 g/mol. The van der Waals surface area contributed by atoms with Gasteiger partial charge in [0.15, 0.2) is 0 Å². The van der Waals surface area contributed by atoms with Crippen LogP contribution in [0.15, 0.2) is 12.3 Å². The molecule has 1 aliphatic heterocycles. The Labute approximate surface area is 122 Å². The third-order valence-electron chi connectivity index (χ3n) is 3.41. The predicted octanol–water partition coefficient (Wildman–Crippen LogP) is 0.931. The number of carbonyl (C=O) groups is 1. The normalized spacial score (nSPS) is 17.8. The topological polar surface area (TPSA) is 88.7 Å². The summed E-state index contributed by atoms with van der Waals surface area (Å²) >= 11 is 5.96. The second-order valence-corrected chi connectivity index (χ2v) is 5.49. The highest BCUT2D eigenvalue weighted by atomic mass is 35.5. The average molecular weight is 300 g/mol. The molecule has 2 heterocycles. The van der Waals surface area contributed by atoms with Crippen molar-refractivity contribution in [3.8, 4) is 0 Å². The van der Waals surface area contributed by atoms with Crippen LogP contribution in [-0.2, 0) is 4.74 Å². The largest absolute Gasteiger partial charge is 0.388 e. The van der Waals surface area contributed by atoms with E-state index in [4.69, 9.17) is 22.1 Å². The van der Waals surface area contributed by atoms with Crippen molar-refractivity contribution in [2.45, 2.75) is 18.4 Å². The fraction of sp³-hybridized carbons (Fsp3) is 0.538. The average Bonchev–Trinajstić information content (AvgIpc) is 2.41. The number of aromatic nitrogens is 1. The SMILES string of the molecule is CN(CC1(O)CCOCC1)C(=O)c1cc(N)ncc1Cl. The van der Waals surface area contributed by atoms with Crippen LogP contribution in [0.2, 0.25) is 5.02 Å². The molecule has 1 fully saturated rings. The zero-order valence-corrected chi connectivity index (χ0v) is 12.1. The fourth-order valence-corrected chi connectivity index (χ4v) is 2.43. The molecule has 0 radical (unpaired) electrons. The third-order valence-corrected chi connectivity index (χ3v) is 3.71. The molecule has 20 heavy (non-hydrogen) atoms. The number of halogens is 1.